The van der Waals surface area contributed by atoms with Crippen LogP contribution in [-0.4, -0.2) is 17.8 Å². The van der Waals surface area contributed by atoms with Crippen molar-refractivity contribution in [3.63, 3.8) is 0 Å². The summed E-state index contributed by atoms with van der Waals surface area (Å²) in [6, 6.07) is 6.30. The van der Waals surface area contributed by atoms with Crippen LogP contribution in [0.1, 0.15) is 49.3 Å². The van der Waals surface area contributed by atoms with Crippen LogP contribution in [0.15, 0.2) is 18.2 Å². The molecule has 2 unspecified atom stereocenters. The molecule has 1 saturated heterocycles. The van der Waals surface area contributed by atoms with Gasteiger partial charge in [0.1, 0.15) is 0 Å². The van der Waals surface area contributed by atoms with E-state index in [9.17, 15) is 5.11 Å². The molecule has 2 atom stereocenters. The second-order valence-corrected chi connectivity index (χ2v) is 5.57. The zero-order chi connectivity index (χ0) is 13.2. The van der Waals surface area contributed by atoms with Gasteiger partial charge in [-0.2, -0.15) is 0 Å². The number of rotatable bonds is 3. The van der Waals surface area contributed by atoms with Crippen molar-refractivity contribution in [2.24, 2.45) is 0 Å². The fraction of sp³-hybridized carbons (Fsp3) is 0.625. The average molecular weight is 248 g/mol. The first-order valence-corrected chi connectivity index (χ1v) is 6.97. The minimum absolute atomic E-state index is 0.204. The van der Waals surface area contributed by atoms with Crippen molar-refractivity contribution in [3.05, 3.63) is 34.9 Å². The molecule has 0 amide bonds. The van der Waals surface area contributed by atoms with E-state index in [0.29, 0.717) is 13.0 Å². The van der Waals surface area contributed by atoms with Crippen LogP contribution < -0.4 is 0 Å². The van der Waals surface area contributed by atoms with Gasteiger partial charge in [-0.15, -0.1) is 0 Å². The third-order valence-electron chi connectivity index (χ3n) is 4.09. The minimum atomic E-state index is -0.698. The van der Waals surface area contributed by atoms with Gasteiger partial charge in [0.2, 0.25) is 0 Å². The molecule has 1 heterocycles. The Bertz CT molecular complexity index is 412. The largest absolute Gasteiger partial charge is 0.385 e. The summed E-state index contributed by atoms with van der Waals surface area (Å²) >= 11 is 0. The molecule has 2 rings (SSSR count). The molecular formula is C16H24O2. The molecule has 1 aliphatic heterocycles. The predicted octanol–water partition coefficient (Wildman–Crippen LogP) is 3.47. The molecule has 0 aromatic heterocycles. The number of benzene rings is 1. The third kappa shape index (κ3) is 2.76. The van der Waals surface area contributed by atoms with E-state index < -0.39 is 5.60 Å². The molecule has 1 aromatic carbocycles. The van der Waals surface area contributed by atoms with Crippen molar-refractivity contribution in [3.8, 4) is 0 Å². The molecule has 100 valence electrons. The Morgan fingerprint density at radius 2 is 2.11 bits per heavy atom. The highest BCUT2D eigenvalue weighted by molar-refractivity contribution is 5.33. The molecule has 0 radical (unpaired) electrons. The number of hydrogen-bond donors (Lipinski definition) is 1. The Morgan fingerprint density at radius 3 is 2.78 bits per heavy atom. The number of hydrogen-bond acceptors (Lipinski definition) is 2. The average Bonchev–Trinajstić information content (AvgIpc) is 2.33. The lowest BCUT2D eigenvalue weighted by Crippen LogP contribution is -2.38. The molecule has 18 heavy (non-hydrogen) atoms. The molecule has 2 heteroatoms. The summed E-state index contributed by atoms with van der Waals surface area (Å²) in [7, 11) is 0. The molecule has 1 aromatic rings. The maximum Gasteiger partial charge on any atom is 0.0943 e. The van der Waals surface area contributed by atoms with Crippen molar-refractivity contribution < 1.29 is 9.84 Å². The summed E-state index contributed by atoms with van der Waals surface area (Å²) in [4.78, 5) is 0. The van der Waals surface area contributed by atoms with Crippen LogP contribution in [0.2, 0.25) is 0 Å². The minimum Gasteiger partial charge on any atom is -0.385 e. The zero-order valence-corrected chi connectivity index (χ0v) is 11.7. The maximum atomic E-state index is 10.9. The molecule has 1 fully saturated rings. The first-order valence-electron chi connectivity index (χ1n) is 6.97. The van der Waals surface area contributed by atoms with Gasteiger partial charge >= 0.3 is 0 Å². The fourth-order valence-corrected chi connectivity index (χ4v) is 2.73. The lowest BCUT2D eigenvalue weighted by molar-refractivity contribution is -0.110. The van der Waals surface area contributed by atoms with Gasteiger partial charge in [0, 0.05) is 12.8 Å². The summed E-state index contributed by atoms with van der Waals surface area (Å²) in [5.74, 6) is 0. The van der Waals surface area contributed by atoms with Gasteiger partial charge in [0.15, 0.2) is 0 Å². The van der Waals surface area contributed by atoms with Gasteiger partial charge in [0.25, 0.3) is 0 Å². The fourth-order valence-electron chi connectivity index (χ4n) is 2.73. The van der Waals surface area contributed by atoms with Gasteiger partial charge in [-0.3, -0.25) is 0 Å². The summed E-state index contributed by atoms with van der Waals surface area (Å²) in [5.41, 5.74) is 2.88. The summed E-state index contributed by atoms with van der Waals surface area (Å²) < 4.78 is 5.73. The Kier molecular flexibility index (Phi) is 4.08. The highest BCUT2D eigenvalue weighted by atomic mass is 16.5. The quantitative estimate of drug-likeness (QED) is 0.887. The molecule has 0 aliphatic carbocycles. The van der Waals surface area contributed by atoms with E-state index in [1.165, 1.54) is 11.1 Å². The first-order chi connectivity index (χ1) is 8.55. The molecular weight excluding hydrogens is 224 g/mol. The van der Waals surface area contributed by atoms with E-state index in [0.717, 1.165) is 24.8 Å². The summed E-state index contributed by atoms with van der Waals surface area (Å²) in [6.45, 7) is 7.03. The normalized spacial score (nSPS) is 28.3. The standard InChI is InChI=1S/C16H24O2/c1-4-5-15-11-16(17,8-9-18-15)14-7-6-12(2)13(3)10-14/h6-7,10,15,17H,4-5,8-9,11H2,1-3H3. The van der Waals surface area contributed by atoms with Crippen molar-refractivity contribution in [1.29, 1.82) is 0 Å². The van der Waals surface area contributed by atoms with Gasteiger partial charge in [-0.25, -0.2) is 0 Å². The topological polar surface area (TPSA) is 29.5 Å². The molecule has 0 spiro atoms. The van der Waals surface area contributed by atoms with Crippen LogP contribution in [0.3, 0.4) is 0 Å². The van der Waals surface area contributed by atoms with E-state index in [4.69, 9.17) is 4.74 Å². The first kappa shape index (κ1) is 13.6. The lowest BCUT2D eigenvalue weighted by Gasteiger charge is -2.37. The Hall–Kier alpha value is -0.860. The molecule has 1 N–H and O–H groups in total. The maximum absolute atomic E-state index is 10.9. The number of aliphatic hydroxyl groups is 1. The van der Waals surface area contributed by atoms with E-state index in [1.807, 2.05) is 0 Å². The molecule has 0 bridgehead atoms. The van der Waals surface area contributed by atoms with E-state index in [2.05, 4.69) is 39.0 Å². The van der Waals surface area contributed by atoms with Gasteiger partial charge in [-0.1, -0.05) is 31.5 Å². The molecule has 0 saturated carbocycles. The Morgan fingerprint density at radius 1 is 1.33 bits per heavy atom. The number of ether oxygens (including phenoxy) is 1. The van der Waals surface area contributed by atoms with Crippen molar-refractivity contribution in [2.45, 2.75) is 58.2 Å². The summed E-state index contributed by atoms with van der Waals surface area (Å²) in [5, 5.41) is 10.9. The van der Waals surface area contributed by atoms with Gasteiger partial charge in [0.05, 0.1) is 18.3 Å². The second-order valence-electron chi connectivity index (χ2n) is 5.57. The van der Waals surface area contributed by atoms with Crippen molar-refractivity contribution in [2.75, 3.05) is 6.61 Å². The highest BCUT2D eigenvalue weighted by Crippen LogP contribution is 2.36. The zero-order valence-electron chi connectivity index (χ0n) is 11.7. The monoisotopic (exact) mass is 248 g/mol. The Balaban J connectivity index is 2.21. The smallest absolute Gasteiger partial charge is 0.0943 e. The van der Waals surface area contributed by atoms with Crippen LogP contribution in [0.5, 0.6) is 0 Å². The SMILES string of the molecule is CCCC1CC(O)(c2ccc(C)c(C)c2)CCO1. The third-order valence-corrected chi connectivity index (χ3v) is 4.09. The van der Waals surface area contributed by atoms with Crippen LogP contribution in [0.25, 0.3) is 0 Å². The van der Waals surface area contributed by atoms with Crippen LogP contribution in [0, 0.1) is 13.8 Å². The highest BCUT2D eigenvalue weighted by Gasteiger charge is 2.36. The van der Waals surface area contributed by atoms with Crippen molar-refractivity contribution in [1.82, 2.24) is 0 Å². The second kappa shape index (κ2) is 5.41. The van der Waals surface area contributed by atoms with E-state index in [-0.39, 0.29) is 6.10 Å². The van der Waals surface area contributed by atoms with E-state index in [1.54, 1.807) is 0 Å². The van der Waals surface area contributed by atoms with E-state index >= 15 is 0 Å². The van der Waals surface area contributed by atoms with Crippen LogP contribution >= 0.6 is 0 Å². The number of aryl methyl sites for hydroxylation is 2. The molecule has 2 nitrogen and oxygen atoms in total. The van der Waals surface area contributed by atoms with Crippen molar-refractivity contribution >= 4 is 0 Å². The molecule has 1 aliphatic rings. The Labute approximate surface area is 110 Å². The predicted molar refractivity (Wildman–Crippen MR) is 73.7 cm³/mol. The summed E-state index contributed by atoms with van der Waals surface area (Å²) in [6.07, 6.45) is 3.77. The van der Waals surface area contributed by atoms with Crippen LogP contribution in [-0.2, 0) is 10.3 Å². The van der Waals surface area contributed by atoms with Gasteiger partial charge in [-0.05, 0) is 37.0 Å². The van der Waals surface area contributed by atoms with Crippen LogP contribution in [0.4, 0.5) is 0 Å². The van der Waals surface area contributed by atoms with Gasteiger partial charge < -0.3 is 9.84 Å². The lowest BCUT2D eigenvalue weighted by atomic mass is 9.82.